The fraction of sp³-hybridized carbons (Fsp3) is 1.00. The van der Waals surface area contributed by atoms with E-state index in [-0.39, 0.29) is 0 Å². The first-order valence-electron chi connectivity index (χ1n) is 7.47. The number of thiol groups is 1. The van der Waals surface area contributed by atoms with Crippen LogP contribution in [0.15, 0.2) is 0 Å². The van der Waals surface area contributed by atoms with E-state index in [9.17, 15) is 0 Å². The summed E-state index contributed by atoms with van der Waals surface area (Å²) in [5, 5.41) is 0.956. The highest BCUT2D eigenvalue weighted by molar-refractivity contribution is 7.99. The molecule has 0 aromatic rings. The molecule has 2 saturated carbocycles. The molecular weight excluding hydrogens is 244 g/mol. The monoisotopic (exact) mass is 272 g/mol. The van der Waals surface area contributed by atoms with Crippen molar-refractivity contribution >= 4 is 24.4 Å². The van der Waals surface area contributed by atoms with Gasteiger partial charge in [0.05, 0.1) is 0 Å². The molecule has 0 heterocycles. The average molecular weight is 273 g/mol. The van der Waals surface area contributed by atoms with Crippen LogP contribution in [-0.4, -0.2) is 16.8 Å². The summed E-state index contributed by atoms with van der Waals surface area (Å²) < 4.78 is 0. The van der Waals surface area contributed by atoms with E-state index >= 15 is 0 Å². The van der Waals surface area contributed by atoms with Crippen molar-refractivity contribution in [1.29, 1.82) is 0 Å². The molecule has 2 unspecified atom stereocenters. The van der Waals surface area contributed by atoms with Gasteiger partial charge in [-0.1, -0.05) is 39.0 Å². The minimum absolute atomic E-state index is 0.590. The number of hydrogen-bond donors (Lipinski definition) is 1. The molecular formula is C15H28S2. The van der Waals surface area contributed by atoms with Crippen LogP contribution in [0.1, 0.15) is 64.7 Å². The molecule has 2 aliphatic rings. The van der Waals surface area contributed by atoms with Crippen LogP contribution in [0.5, 0.6) is 0 Å². The molecule has 2 rings (SSSR count). The van der Waals surface area contributed by atoms with Gasteiger partial charge in [0, 0.05) is 5.25 Å². The lowest BCUT2D eigenvalue weighted by Crippen LogP contribution is -2.30. The van der Waals surface area contributed by atoms with Crippen LogP contribution in [0.25, 0.3) is 0 Å². The van der Waals surface area contributed by atoms with Gasteiger partial charge in [-0.25, -0.2) is 0 Å². The van der Waals surface area contributed by atoms with Crippen molar-refractivity contribution in [2.45, 2.75) is 70.0 Å². The van der Waals surface area contributed by atoms with Crippen LogP contribution in [0.4, 0.5) is 0 Å². The van der Waals surface area contributed by atoms with Crippen LogP contribution in [0, 0.1) is 11.3 Å². The first-order chi connectivity index (χ1) is 8.24. The topological polar surface area (TPSA) is 0 Å². The third-order valence-electron chi connectivity index (χ3n) is 4.76. The van der Waals surface area contributed by atoms with Gasteiger partial charge in [0.2, 0.25) is 0 Å². The lowest BCUT2D eigenvalue weighted by atomic mass is 9.77. The van der Waals surface area contributed by atoms with E-state index in [0.717, 1.165) is 16.9 Å². The Labute approximate surface area is 117 Å². The third-order valence-corrected chi connectivity index (χ3v) is 7.11. The highest BCUT2D eigenvalue weighted by Crippen LogP contribution is 2.42. The fourth-order valence-electron chi connectivity index (χ4n) is 3.47. The van der Waals surface area contributed by atoms with Crippen molar-refractivity contribution < 1.29 is 0 Å². The minimum Gasteiger partial charge on any atom is -0.179 e. The average Bonchev–Trinajstić information content (AvgIpc) is 2.38. The number of thioether (sulfide) groups is 1. The van der Waals surface area contributed by atoms with E-state index in [1.165, 1.54) is 63.5 Å². The van der Waals surface area contributed by atoms with Crippen molar-refractivity contribution in [1.82, 2.24) is 0 Å². The Hall–Kier alpha value is 0.700. The van der Waals surface area contributed by atoms with Crippen LogP contribution in [0.2, 0.25) is 0 Å². The molecule has 0 N–H and O–H groups in total. The zero-order valence-corrected chi connectivity index (χ0v) is 13.0. The van der Waals surface area contributed by atoms with E-state index in [1.54, 1.807) is 0 Å². The van der Waals surface area contributed by atoms with Gasteiger partial charge in [0.1, 0.15) is 0 Å². The third kappa shape index (κ3) is 4.09. The summed E-state index contributed by atoms with van der Waals surface area (Å²) in [4.78, 5) is 0. The maximum Gasteiger partial charge on any atom is 0.00498 e. The molecule has 0 saturated heterocycles. The second-order valence-corrected chi connectivity index (χ2v) is 8.03. The molecule has 0 aromatic heterocycles. The van der Waals surface area contributed by atoms with E-state index in [0.29, 0.717) is 5.41 Å². The minimum atomic E-state index is 0.590. The smallest absolute Gasteiger partial charge is 0.00498 e. The number of hydrogen-bond acceptors (Lipinski definition) is 2. The molecule has 17 heavy (non-hydrogen) atoms. The molecule has 0 radical (unpaired) electrons. The molecule has 0 aliphatic heterocycles. The summed E-state index contributed by atoms with van der Waals surface area (Å²) in [5.41, 5.74) is 0.590. The SMILES string of the molecule is CC1CCCC(SCC2(CS)CCCCC2)C1. The van der Waals surface area contributed by atoms with E-state index in [1.807, 2.05) is 0 Å². The molecule has 100 valence electrons. The van der Waals surface area contributed by atoms with Crippen molar-refractivity contribution in [2.24, 2.45) is 11.3 Å². The van der Waals surface area contributed by atoms with Crippen molar-refractivity contribution in [3.8, 4) is 0 Å². The van der Waals surface area contributed by atoms with Crippen LogP contribution < -0.4 is 0 Å². The Morgan fingerprint density at radius 2 is 1.88 bits per heavy atom. The normalized spacial score (nSPS) is 33.5. The van der Waals surface area contributed by atoms with E-state index in [2.05, 4.69) is 31.3 Å². The fourth-order valence-corrected chi connectivity index (χ4v) is 5.83. The quantitative estimate of drug-likeness (QED) is 0.688. The largest absolute Gasteiger partial charge is 0.179 e. The summed E-state index contributed by atoms with van der Waals surface area (Å²) >= 11 is 6.93. The lowest BCUT2D eigenvalue weighted by molar-refractivity contribution is 0.258. The van der Waals surface area contributed by atoms with Crippen molar-refractivity contribution in [3.63, 3.8) is 0 Å². The molecule has 0 nitrogen and oxygen atoms in total. The van der Waals surface area contributed by atoms with E-state index in [4.69, 9.17) is 0 Å². The zero-order valence-electron chi connectivity index (χ0n) is 11.3. The second kappa shape index (κ2) is 6.75. The van der Waals surface area contributed by atoms with Gasteiger partial charge < -0.3 is 0 Å². The standard InChI is InChI=1S/C15H28S2/c1-13-6-5-7-14(10-13)17-12-15(11-16)8-3-2-4-9-15/h13-14,16H,2-12H2,1H3. The Bertz CT molecular complexity index is 221. The predicted octanol–water partition coefficient (Wildman–Crippen LogP) is 5.18. The predicted molar refractivity (Wildman–Crippen MR) is 83.2 cm³/mol. The van der Waals surface area contributed by atoms with Gasteiger partial charge in [-0.2, -0.15) is 24.4 Å². The van der Waals surface area contributed by atoms with Gasteiger partial charge in [0.15, 0.2) is 0 Å². The van der Waals surface area contributed by atoms with Crippen LogP contribution in [0.3, 0.4) is 0 Å². The number of rotatable bonds is 4. The van der Waals surface area contributed by atoms with Gasteiger partial charge in [-0.05, 0) is 48.5 Å². The second-order valence-electron chi connectivity index (χ2n) is 6.42. The van der Waals surface area contributed by atoms with Gasteiger partial charge in [-0.15, -0.1) is 0 Å². The summed E-state index contributed by atoms with van der Waals surface area (Å²) in [7, 11) is 0. The van der Waals surface area contributed by atoms with Crippen molar-refractivity contribution in [3.05, 3.63) is 0 Å². The molecule has 0 spiro atoms. The van der Waals surface area contributed by atoms with Crippen LogP contribution in [-0.2, 0) is 0 Å². The van der Waals surface area contributed by atoms with Gasteiger partial charge in [-0.3, -0.25) is 0 Å². The molecule has 2 heteroatoms. The Morgan fingerprint density at radius 3 is 2.53 bits per heavy atom. The molecule has 0 bridgehead atoms. The highest BCUT2D eigenvalue weighted by Gasteiger charge is 2.32. The Balaban J connectivity index is 1.78. The van der Waals surface area contributed by atoms with E-state index < -0.39 is 0 Å². The summed E-state index contributed by atoms with van der Waals surface area (Å²) in [6.45, 7) is 2.43. The molecule has 0 amide bonds. The first-order valence-corrected chi connectivity index (χ1v) is 9.15. The van der Waals surface area contributed by atoms with Crippen molar-refractivity contribution in [2.75, 3.05) is 11.5 Å². The summed E-state index contributed by atoms with van der Waals surface area (Å²) in [6, 6.07) is 0. The summed E-state index contributed by atoms with van der Waals surface area (Å²) in [6.07, 6.45) is 13.1. The molecule has 2 fully saturated rings. The highest BCUT2D eigenvalue weighted by atomic mass is 32.2. The molecule has 2 aliphatic carbocycles. The molecule has 2 atom stereocenters. The summed E-state index contributed by atoms with van der Waals surface area (Å²) in [5.74, 6) is 3.47. The van der Waals surface area contributed by atoms with Gasteiger partial charge in [0.25, 0.3) is 0 Å². The Morgan fingerprint density at radius 1 is 1.12 bits per heavy atom. The molecule has 0 aromatic carbocycles. The van der Waals surface area contributed by atoms with Gasteiger partial charge >= 0.3 is 0 Å². The lowest BCUT2D eigenvalue weighted by Gasteiger charge is -2.37. The van der Waals surface area contributed by atoms with Crippen LogP contribution >= 0.6 is 24.4 Å². The zero-order chi connectivity index (χ0) is 12.1. The maximum absolute atomic E-state index is 4.65. The Kier molecular flexibility index (Phi) is 5.60. The first kappa shape index (κ1) is 14.1. The maximum atomic E-state index is 4.65.